The maximum Gasteiger partial charge on any atom is 0.308 e. The van der Waals surface area contributed by atoms with E-state index in [2.05, 4.69) is 4.90 Å². The zero-order valence-electron chi connectivity index (χ0n) is 9.06. The second kappa shape index (κ2) is 4.44. The molecule has 0 spiro atoms. The second-order valence-corrected chi connectivity index (χ2v) is 4.65. The molecule has 16 heavy (non-hydrogen) atoms. The van der Waals surface area contributed by atoms with E-state index in [1.54, 1.807) is 0 Å². The number of benzene rings is 1. The number of likely N-dealkylation sites (tertiary alicyclic amines) is 1. The summed E-state index contributed by atoms with van der Waals surface area (Å²) < 4.78 is 0. The molecule has 4 heteroatoms. The van der Waals surface area contributed by atoms with E-state index in [1.165, 1.54) is 0 Å². The van der Waals surface area contributed by atoms with Gasteiger partial charge in [0.05, 0.1) is 5.92 Å². The lowest BCUT2D eigenvalue weighted by Crippen LogP contribution is -2.25. The summed E-state index contributed by atoms with van der Waals surface area (Å²) in [6.45, 7) is 0.824. The van der Waals surface area contributed by atoms with Crippen LogP contribution in [0.5, 0.6) is 0 Å². The quantitative estimate of drug-likeness (QED) is 0.862. The zero-order valence-corrected chi connectivity index (χ0v) is 9.81. The Hall–Kier alpha value is -1.06. The van der Waals surface area contributed by atoms with E-state index < -0.39 is 5.97 Å². The third kappa shape index (κ3) is 2.06. The molecule has 0 amide bonds. The van der Waals surface area contributed by atoms with E-state index in [4.69, 9.17) is 16.7 Å². The minimum Gasteiger partial charge on any atom is -0.481 e. The summed E-state index contributed by atoms with van der Waals surface area (Å²) in [6, 6.07) is 7.40. The van der Waals surface area contributed by atoms with Crippen molar-refractivity contribution in [2.24, 2.45) is 5.92 Å². The van der Waals surface area contributed by atoms with Crippen LogP contribution in [0.4, 0.5) is 0 Å². The highest BCUT2D eigenvalue weighted by Gasteiger charge is 2.37. The maximum absolute atomic E-state index is 11.1. The van der Waals surface area contributed by atoms with Crippen LogP contribution >= 0.6 is 11.6 Å². The minimum atomic E-state index is -0.718. The number of hydrogen-bond acceptors (Lipinski definition) is 2. The van der Waals surface area contributed by atoms with Crippen LogP contribution in [0.15, 0.2) is 24.3 Å². The molecule has 86 valence electrons. The first-order chi connectivity index (χ1) is 7.59. The lowest BCUT2D eigenvalue weighted by atomic mass is 9.94. The zero-order chi connectivity index (χ0) is 11.7. The monoisotopic (exact) mass is 239 g/mol. The summed E-state index contributed by atoms with van der Waals surface area (Å²) in [7, 11) is 1.96. The van der Waals surface area contributed by atoms with E-state index in [1.807, 2.05) is 31.3 Å². The summed E-state index contributed by atoms with van der Waals surface area (Å²) in [4.78, 5) is 13.2. The van der Waals surface area contributed by atoms with Crippen molar-refractivity contribution < 1.29 is 9.90 Å². The summed E-state index contributed by atoms with van der Waals surface area (Å²) in [5.41, 5.74) is 1.02. The molecule has 0 saturated carbocycles. The number of nitrogens with zero attached hydrogens (tertiary/aromatic N) is 1. The molecule has 2 unspecified atom stereocenters. The fourth-order valence-corrected chi connectivity index (χ4v) is 2.48. The van der Waals surface area contributed by atoms with E-state index in [-0.39, 0.29) is 12.0 Å². The Bertz CT molecular complexity index is 391. The summed E-state index contributed by atoms with van der Waals surface area (Å²) >= 11 is 5.82. The summed E-state index contributed by atoms with van der Waals surface area (Å²) in [6.07, 6.45) is 0.707. The molecule has 1 aliphatic rings. The molecule has 0 bridgehead atoms. The fourth-order valence-electron chi connectivity index (χ4n) is 2.35. The average Bonchev–Trinajstić information content (AvgIpc) is 2.62. The van der Waals surface area contributed by atoms with Crippen molar-refractivity contribution in [2.75, 3.05) is 13.6 Å². The van der Waals surface area contributed by atoms with E-state index in [0.29, 0.717) is 11.4 Å². The molecule has 1 N–H and O–H groups in total. The van der Waals surface area contributed by atoms with Crippen molar-refractivity contribution in [1.82, 2.24) is 4.90 Å². The highest BCUT2D eigenvalue weighted by Crippen LogP contribution is 2.36. The number of carbonyl (C=O) groups is 1. The molecule has 1 aromatic carbocycles. The Morgan fingerprint density at radius 1 is 1.44 bits per heavy atom. The molecule has 1 aliphatic heterocycles. The number of halogens is 1. The minimum absolute atomic E-state index is 0.0326. The molecular weight excluding hydrogens is 226 g/mol. The van der Waals surface area contributed by atoms with Gasteiger partial charge in [0.1, 0.15) is 0 Å². The highest BCUT2D eigenvalue weighted by atomic mass is 35.5. The van der Waals surface area contributed by atoms with E-state index in [9.17, 15) is 4.79 Å². The van der Waals surface area contributed by atoms with E-state index >= 15 is 0 Å². The SMILES string of the molecule is CN1CCC(C(=O)O)C1c1ccc(Cl)cc1. The predicted molar refractivity (Wildman–Crippen MR) is 62.6 cm³/mol. The van der Waals surface area contributed by atoms with Crippen molar-refractivity contribution >= 4 is 17.6 Å². The molecule has 2 atom stereocenters. The molecule has 3 nitrogen and oxygen atoms in total. The van der Waals surface area contributed by atoms with Crippen molar-refractivity contribution in [3.05, 3.63) is 34.9 Å². The molecule has 0 radical (unpaired) electrons. The molecule has 0 aliphatic carbocycles. The first kappa shape index (κ1) is 11.4. The van der Waals surface area contributed by atoms with Crippen LogP contribution in [-0.2, 0) is 4.79 Å². The smallest absolute Gasteiger partial charge is 0.308 e. The molecular formula is C12H14ClNO2. The van der Waals surface area contributed by atoms with Gasteiger partial charge in [-0.2, -0.15) is 0 Å². The Kier molecular flexibility index (Phi) is 3.17. The topological polar surface area (TPSA) is 40.5 Å². The average molecular weight is 240 g/mol. The predicted octanol–water partition coefficient (Wildman–Crippen LogP) is 2.42. The lowest BCUT2D eigenvalue weighted by molar-refractivity contribution is -0.142. The molecule has 1 heterocycles. The van der Waals surface area contributed by atoms with Crippen molar-refractivity contribution in [1.29, 1.82) is 0 Å². The standard InChI is InChI=1S/C12H14ClNO2/c1-14-7-6-10(12(15)16)11(14)8-2-4-9(13)5-3-8/h2-5,10-11H,6-7H2,1H3,(H,15,16). The van der Waals surface area contributed by atoms with Gasteiger partial charge in [0, 0.05) is 11.1 Å². The van der Waals surface area contributed by atoms with Gasteiger partial charge in [-0.15, -0.1) is 0 Å². The maximum atomic E-state index is 11.1. The summed E-state index contributed by atoms with van der Waals surface area (Å²) in [5.74, 6) is -1.03. The molecule has 0 aromatic heterocycles. The first-order valence-electron chi connectivity index (χ1n) is 5.28. The Labute approximate surface area is 99.6 Å². The lowest BCUT2D eigenvalue weighted by Gasteiger charge is -2.23. The van der Waals surface area contributed by atoms with Crippen LogP contribution in [0.1, 0.15) is 18.0 Å². The van der Waals surface area contributed by atoms with Gasteiger partial charge in [0.2, 0.25) is 0 Å². The summed E-state index contributed by atoms with van der Waals surface area (Å²) in [5, 5.41) is 9.84. The van der Waals surface area contributed by atoms with Gasteiger partial charge in [-0.3, -0.25) is 9.69 Å². The Morgan fingerprint density at radius 3 is 2.62 bits per heavy atom. The largest absolute Gasteiger partial charge is 0.481 e. The van der Waals surface area contributed by atoms with Gasteiger partial charge in [-0.25, -0.2) is 0 Å². The molecule has 1 saturated heterocycles. The number of rotatable bonds is 2. The van der Waals surface area contributed by atoms with Crippen molar-refractivity contribution in [2.45, 2.75) is 12.5 Å². The molecule has 1 fully saturated rings. The third-order valence-corrected chi connectivity index (χ3v) is 3.43. The van der Waals surface area contributed by atoms with Gasteiger partial charge in [0.15, 0.2) is 0 Å². The Balaban J connectivity index is 2.29. The van der Waals surface area contributed by atoms with Gasteiger partial charge < -0.3 is 5.11 Å². The van der Waals surface area contributed by atoms with Crippen molar-refractivity contribution in [3.8, 4) is 0 Å². The van der Waals surface area contributed by atoms with Crippen molar-refractivity contribution in [3.63, 3.8) is 0 Å². The van der Waals surface area contributed by atoms with Crippen LogP contribution in [-0.4, -0.2) is 29.6 Å². The Morgan fingerprint density at radius 2 is 2.06 bits per heavy atom. The number of carboxylic acids is 1. The third-order valence-electron chi connectivity index (χ3n) is 3.18. The first-order valence-corrected chi connectivity index (χ1v) is 5.66. The van der Waals surface area contributed by atoms with Gasteiger partial charge in [0.25, 0.3) is 0 Å². The number of carboxylic acid groups (broad SMARTS) is 1. The van der Waals surface area contributed by atoms with Crippen LogP contribution in [0.25, 0.3) is 0 Å². The van der Waals surface area contributed by atoms with E-state index in [0.717, 1.165) is 12.1 Å². The van der Waals surface area contributed by atoms with Crippen LogP contribution < -0.4 is 0 Å². The van der Waals surface area contributed by atoms with Crippen LogP contribution in [0.2, 0.25) is 5.02 Å². The highest BCUT2D eigenvalue weighted by molar-refractivity contribution is 6.30. The van der Waals surface area contributed by atoms with Gasteiger partial charge in [-0.1, -0.05) is 23.7 Å². The van der Waals surface area contributed by atoms with Gasteiger partial charge in [-0.05, 0) is 37.7 Å². The molecule has 2 rings (SSSR count). The fraction of sp³-hybridized carbons (Fsp3) is 0.417. The normalized spacial score (nSPS) is 25.9. The second-order valence-electron chi connectivity index (χ2n) is 4.21. The van der Waals surface area contributed by atoms with Crippen LogP contribution in [0.3, 0.4) is 0 Å². The number of aliphatic carboxylic acids is 1. The van der Waals surface area contributed by atoms with Crippen LogP contribution in [0, 0.1) is 5.92 Å². The molecule has 1 aromatic rings. The number of hydrogen-bond donors (Lipinski definition) is 1. The van der Waals surface area contributed by atoms with Gasteiger partial charge >= 0.3 is 5.97 Å².